The first-order valence-corrected chi connectivity index (χ1v) is 6.54. The molecule has 1 saturated heterocycles. The topological polar surface area (TPSA) is 113 Å². The summed E-state index contributed by atoms with van der Waals surface area (Å²) in [6.07, 6.45) is -1.01. The zero-order valence-corrected chi connectivity index (χ0v) is 12.1. The molecule has 20 heavy (non-hydrogen) atoms. The normalized spacial score (nSPS) is 32.9. The zero-order chi connectivity index (χ0) is 15.3. The molecule has 1 aliphatic heterocycles. The van der Waals surface area contributed by atoms with E-state index < -0.39 is 24.3 Å². The van der Waals surface area contributed by atoms with Crippen LogP contribution in [0.3, 0.4) is 0 Å². The first-order chi connectivity index (χ1) is 9.40. The monoisotopic (exact) mass is 284 g/mol. The predicted octanol–water partition coefficient (Wildman–Crippen LogP) is 1.50. The molecule has 112 valence electrons. The molecule has 1 rings (SSSR count). The van der Waals surface area contributed by atoms with E-state index in [4.69, 9.17) is 15.0 Å². The first-order valence-electron chi connectivity index (χ1n) is 6.54. The van der Waals surface area contributed by atoms with Crippen LogP contribution in [0.15, 0.2) is 5.11 Å². The molecule has 0 bridgehead atoms. The van der Waals surface area contributed by atoms with Crippen molar-refractivity contribution in [1.29, 1.82) is 0 Å². The third kappa shape index (κ3) is 3.85. The second-order valence-corrected chi connectivity index (χ2v) is 4.84. The highest BCUT2D eigenvalue weighted by atomic mass is 16.6. The summed E-state index contributed by atoms with van der Waals surface area (Å²) in [7, 11) is 0. The van der Waals surface area contributed by atoms with Crippen molar-refractivity contribution >= 4 is 11.9 Å². The third-order valence-electron chi connectivity index (χ3n) is 3.32. The van der Waals surface area contributed by atoms with Crippen LogP contribution < -0.4 is 5.32 Å². The molecule has 0 aromatic carbocycles. The molecule has 1 fully saturated rings. The fraction of sp³-hybridized carbons (Fsp3) is 0.833. The fourth-order valence-corrected chi connectivity index (χ4v) is 2.47. The number of nitrogens with one attached hydrogen (secondary N) is 1. The Balaban J connectivity index is 3.08. The number of hydrogen-bond donors (Lipinski definition) is 1. The van der Waals surface area contributed by atoms with Gasteiger partial charge in [0, 0.05) is 24.7 Å². The van der Waals surface area contributed by atoms with Crippen LogP contribution in [0.5, 0.6) is 0 Å². The van der Waals surface area contributed by atoms with E-state index in [9.17, 15) is 9.59 Å². The minimum absolute atomic E-state index is 0.120. The van der Waals surface area contributed by atoms with Crippen LogP contribution in [0.4, 0.5) is 0 Å². The summed E-state index contributed by atoms with van der Waals surface area (Å²) >= 11 is 0. The summed E-state index contributed by atoms with van der Waals surface area (Å²) < 4.78 is 11.0. The summed E-state index contributed by atoms with van der Waals surface area (Å²) in [5.74, 6) is -0.879. The molecule has 0 aliphatic carbocycles. The highest BCUT2D eigenvalue weighted by Gasteiger charge is 2.45. The van der Waals surface area contributed by atoms with Crippen LogP contribution in [0.25, 0.3) is 10.4 Å². The van der Waals surface area contributed by atoms with Crippen molar-refractivity contribution in [2.24, 2.45) is 11.0 Å². The average Bonchev–Trinajstić information content (AvgIpc) is 2.36. The number of azide groups is 1. The van der Waals surface area contributed by atoms with Crippen LogP contribution in [0.2, 0.25) is 0 Å². The lowest BCUT2D eigenvalue weighted by Gasteiger charge is -2.43. The van der Waals surface area contributed by atoms with Crippen molar-refractivity contribution in [3.8, 4) is 0 Å². The summed E-state index contributed by atoms with van der Waals surface area (Å²) in [6, 6.07) is -0.690. The quantitative estimate of drug-likeness (QED) is 0.364. The molecule has 8 nitrogen and oxygen atoms in total. The number of esters is 1. The van der Waals surface area contributed by atoms with Gasteiger partial charge in [0.25, 0.3) is 0 Å². The molecule has 1 amide bonds. The van der Waals surface area contributed by atoms with Gasteiger partial charge in [0.1, 0.15) is 6.10 Å². The van der Waals surface area contributed by atoms with Crippen molar-refractivity contribution in [3.63, 3.8) is 0 Å². The first kappa shape index (κ1) is 16.3. The van der Waals surface area contributed by atoms with Gasteiger partial charge in [-0.05, 0) is 12.0 Å². The van der Waals surface area contributed by atoms with Gasteiger partial charge in [-0.25, -0.2) is 0 Å². The highest BCUT2D eigenvalue weighted by molar-refractivity contribution is 5.73. The van der Waals surface area contributed by atoms with Crippen LogP contribution in [0, 0.1) is 5.92 Å². The molecule has 0 aromatic heterocycles. The Morgan fingerprint density at radius 1 is 1.45 bits per heavy atom. The molecular formula is C12H20N4O4. The lowest BCUT2D eigenvalue weighted by molar-refractivity contribution is -0.182. The lowest BCUT2D eigenvalue weighted by Crippen LogP contribution is -2.60. The number of amides is 1. The molecular weight excluding hydrogens is 264 g/mol. The fourth-order valence-electron chi connectivity index (χ4n) is 2.47. The van der Waals surface area contributed by atoms with Crippen molar-refractivity contribution < 1.29 is 19.1 Å². The Labute approximate surface area is 117 Å². The highest BCUT2D eigenvalue weighted by Crippen LogP contribution is 2.30. The molecule has 8 heteroatoms. The van der Waals surface area contributed by atoms with Crippen LogP contribution in [0.1, 0.15) is 34.1 Å². The summed E-state index contributed by atoms with van der Waals surface area (Å²) in [5, 5.41) is 6.20. The standard InChI is InChI=1S/C12H20N4O4/c1-5-9-6(2)11(19-8(4)18)10(14-7(3)17)12(20-9)15-16-13/h6,9-12H,5H2,1-4H3,(H,14,17)/t6-,9+,10-,11-,12?/m0/s1. The maximum absolute atomic E-state index is 11.3. The molecule has 1 unspecified atom stereocenters. The van der Waals surface area contributed by atoms with E-state index in [1.54, 1.807) is 0 Å². The molecule has 0 spiro atoms. The predicted molar refractivity (Wildman–Crippen MR) is 70.4 cm³/mol. The van der Waals surface area contributed by atoms with E-state index >= 15 is 0 Å². The van der Waals surface area contributed by atoms with Gasteiger partial charge in [-0.15, -0.1) is 0 Å². The zero-order valence-electron chi connectivity index (χ0n) is 12.1. The molecule has 1 aliphatic rings. The number of nitrogens with zero attached hydrogens (tertiary/aromatic N) is 3. The van der Waals surface area contributed by atoms with Gasteiger partial charge in [-0.1, -0.05) is 19.0 Å². The minimum Gasteiger partial charge on any atom is -0.460 e. The number of carbonyl (C=O) groups is 2. The van der Waals surface area contributed by atoms with Gasteiger partial charge in [-0.2, -0.15) is 0 Å². The van der Waals surface area contributed by atoms with Crippen LogP contribution in [-0.4, -0.2) is 36.4 Å². The summed E-state index contributed by atoms with van der Waals surface area (Å²) in [6.45, 7) is 6.45. The molecule has 1 heterocycles. The Hall–Kier alpha value is -1.79. The van der Waals surface area contributed by atoms with Crippen molar-refractivity contribution in [1.82, 2.24) is 5.32 Å². The second kappa shape index (κ2) is 7.12. The number of hydrogen-bond acceptors (Lipinski definition) is 5. The number of ether oxygens (including phenoxy) is 2. The van der Waals surface area contributed by atoms with E-state index in [-0.39, 0.29) is 17.9 Å². The van der Waals surface area contributed by atoms with E-state index in [0.717, 1.165) is 0 Å². The second-order valence-electron chi connectivity index (χ2n) is 4.84. The lowest BCUT2D eigenvalue weighted by atomic mass is 9.87. The Bertz CT molecular complexity index is 422. The van der Waals surface area contributed by atoms with Gasteiger partial charge in [0.05, 0.1) is 12.1 Å². The summed E-state index contributed by atoms with van der Waals surface area (Å²) in [5.41, 5.74) is 8.62. The Kier molecular flexibility index (Phi) is 5.79. The largest absolute Gasteiger partial charge is 0.460 e. The summed E-state index contributed by atoms with van der Waals surface area (Å²) in [4.78, 5) is 25.3. The van der Waals surface area contributed by atoms with E-state index in [1.165, 1.54) is 13.8 Å². The SMILES string of the molecule is CC[C@H]1OC(N=[N+]=[N-])[C@@H](NC(C)=O)[C@@H](OC(C)=O)[C@H]1C. The average molecular weight is 284 g/mol. The number of carbonyl (C=O) groups excluding carboxylic acids is 2. The maximum atomic E-state index is 11.3. The van der Waals surface area contributed by atoms with Crippen molar-refractivity contribution in [2.45, 2.75) is 58.6 Å². The van der Waals surface area contributed by atoms with E-state index in [0.29, 0.717) is 6.42 Å². The van der Waals surface area contributed by atoms with Gasteiger partial charge in [-0.3, -0.25) is 9.59 Å². The van der Waals surface area contributed by atoms with Gasteiger partial charge in [0.2, 0.25) is 5.91 Å². The molecule has 1 N–H and O–H groups in total. The minimum atomic E-state index is -0.894. The van der Waals surface area contributed by atoms with E-state index in [1.807, 2.05) is 13.8 Å². The van der Waals surface area contributed by atoms with Gasteiger partial charge >= 0.3 is 5.97 Å². The molecule has 0 radical (unpaired) electrons. The third-order valence-corrected chi connectivity index (χ3v) is 3.32. The number of rotatable bonds is 4. The molecule has 5 atom stereocenters. The van der Waals surface area contributed by atoms with Gasteiger partial charge < -0.3 is 14.8 Å². The molecule has 0 aromatic rings. The Morgan fingerprint density at radius 3 is 2.55 bits per heavy atom. The Morgan fingerprint density at radius 2 is 2.10 bits per heavy atom. The van der Waals surface area contributed by atoms with Crippen LogP contribution >= 0.6 is 0 Å². The maximum Gasteiger partial charge on any atom is 0.302 e. The van der Waals surface area contributed by atoms with Gasteiger partial charge in [0.15, 0.2) is 6.23 Å². The molecule has 0 saturated carbocycles. The van der Waals surface area contributed by atoms with E-state index in [2.05, 4.69) is 15.3 Å². The van der Waals surface area contributed by atoms with Crippen molar-refractivity contribution in [3.05, 3.63) is 10.4 Å². The van der Waals surface area contributed by atoms with Crippen LogP contribution in [-0.2, 0) is 19.1 Å². The van der Waals surface area contributed by atoms with Crippen molar-refractivity contribution in [2.75, 3.05) is 0 Å². The smallest absolute Gasteiger partial charge is 0.302 e.